The molecule has 0 atom stereocenters. The van der Waals surface area contributed by atoms with Crippen molar-refractivity contribution in [1.29, 1.82) is 0 Å². The van der Waals surface area contributed by atoms with Crippen LogP contribution in [0.25, 0.3) is 17.2 Å². The summed E-state index contributed by atoms with van der Waals surface area (Å²) in [4.78, 5) is 0. The molecule has 0 unspecified atom stereocenters. The lowest BCUT2D eigenvalue weighted by Crippen LogP contribution is -2.16. The molecule has 0 nitrogen and oxygen atoms in total. The predicted octanol–water partition coefficient (Wildman–Crippen LogP) is 5.48. The van der Waals surface area contributed by atoms with Crippen LogP contribution >= 0.6 is 0 Å². The Bertz CT molecular complexity index is 836. The Hall–Kier alpha value is -2.30. The number of rotatable bonds is 0. The molecular formula is C21H20Si. The van der Waals surface area contributed by atoms with Gasteiger partial charge in [-0.1, -0.05) is 80.7 Å². The zero-order chi connectivity index (χ0) is 15.7. The van der Waals surface area contributed by atoms with E-state index < -0.39 is 8.07 Å². The zero-order valence-electron chi connectivity index (χ0n) is 13.4. The standard InChI is InChI=1S/C21H20Si/c1-16-19-10-6-5-9-17(19)15-18(13-14-22(2,3)4)21-12-8-7-11-20(16)21/h5-12,15H,1H2,2-4H3. The van der Waals surface area contributed by atoms with Gasteiger partial charge in [0.25, 0.3) is 0 Å². The third-order valence-electron chi connectivity index (χ3n) is 3.70. The predicted molar refractivity (Wildman–Crippen MR) is 100 cm³/mol. The van der Waals surface area contributed by atoms with Gasteiger partial charge in [0.15, 0.2) is 0 Å². The van der Waals surface area contributed by atoms with E-state index in [-0.39, 0.29) is 0 Å². The monoisotopic (exact) mass is 300 g/mol. The van der Waals surface area contributed by atoms with E-state index in [2.05, 4.69) is 92.3 Å². The van der Waals surface area contributed by atoms with Crippen LogP contribution in [0.2, 0.25) is 19.6 Å². The van der Waals surface area contributed by atoms with Gasteiger partial charge in [-0.05, 0) is 33.9 Å². The molecule has 0 aliphatic heterocycles. The molecule has 2 aromatic carbocycles. The third kappa shape index (κ3) is 2.84. The first-order chi connectivity index (χ1) is 10.5. The number of hydrogen-bond acceptors (Lipinski definition) is 0. The van der Waals surface area contributed by atoms with Crippen LogP contribution in [0.1, 0.15) is 22.3 Å². The summed E-state index contributed by atoms with van der Waals surface area (Å²) in [5.74, 6) is 3.45. The topological polar surface area (TPSA) is 0 Å². The molecule has 0 fully saturated rings. The van der Waals surface area contributed by atoms with Crippen LogP contribution in [-0.4, -0.2) is 8.07 Å². The first-order valence-electron chi connectivity index (χ1n) is 7.59. The Morgan fingerprint density at radius 2 is 1.41 bits per heavy atom. The van der Waals surface area contributed by atoms with Gasteiger partial charge in [0.05, 0.1) is 0 Å². The third-order valence-corrected chi connectivity index (χ3v) is 4.58. The molecule has 0 spiro atoms. The van der Waals surface area contributed by atoms with Crippen LogP contribution in [0.5, 0.6) is 0 Å². The number of fused-ring (bicyclic) bond motifs is 2. The van der Waals surface area contributed by atoms with E-state index in [1.807, 2.05) is 0 Å². The molecule has 0 N–H and O–H groups in total. The van der Waals surface area contributed by atoms with Gasteiger partial charge in [0, 0.05) is 5.57 Å². The van der Waals surface area contributed by atoms with E-state index in [0.29, 0.717) is 0 Å². The van der Waals surface area contributed by atoms with Gasteiger partial charge in [-0.2, -0.15) is 0 Å². The van der Waals surface area contributed by atoms with E-state index in [4.69, 9.17) is 0 Å². The lowest BCUT2D eigenvalue weighted by Gasteiger charge is -2.10. The molecule has 1 aliphatic rings. The van der Waals surface area contributed by atoms with Gasteiger partial charge in [0.1, 0.15) is 8.07 Å². The van der Waals surface area contributed by atoms with E-state index in [0.717, 1.165) is 11.1 Å². The Kier molecular flexibility index (Phi) is 3.64. The lowest BCUT2D eigenvalue weighted by atomic mass is 9.94. The molecule has 1 heteroatoms. The summed E-state index contributed by atoms with van der Waals surface area (Å²) in [6.45, 7) is 11.1. The first-order valence-corrected chi connectivity index (χ1v) is 11.1. The van der Waals surface area contributed by atoms with Gasteiger partial charge in [0.2, 0.25) is 0 Å². The Labute approximate surface area is 134 Å². The highest BCUT2D eigenvalue weighted by Gasteiger charge is 2.17. The van der Waals surface area contributed by atoms with E-state index in [9.17, 15) is 0 Å². The minimum Gasteiger partial charge on any atom is -0.127 e. The summed E-state index contributed by atoms with van der Waals surface area (Å²) < 4.78 is 0. The fourth-order valence-corrected chi connectivity index (χ4v) is 3.13. The zero-order valence-corrected chi connectivity index (χ0v) is 14.4. The van der Waals surface area contributed by atoms with Crippen molar-refractivity contribution in [2.24, 2.45) is 0 Å². The molecule has 1 aliphatic carbocycles. The Morgan fingerprint density at radius 1 is 0.818 bits per heavy atom. The van der Waals surface area contributed by atoms with Gasteiger partial charge in [-0.25, -0.2) is 0 Å². The van der Waals surface area contributed by atoms with Crippen LogP contribution < -0.4 is 0 Å². The molecule has 0 aromatic heterocycles. The van der Waals surface area contributed by atoms with Crippen LogP contribution in [0, 0.1) is 11.5 Å². The smallest absolute Gasteiger partial charge is 0.127 e. The molecule has 0 saturated heterocycles. The maximum Gasteiger partial charge on any atom is 0.129 e. The first kappa shape index (κ1) is 14.6. The van der Waals surface area contributed by atoms with Crippen LogP contribution in [-0.2, 0) is 0 Å². The minimum atomic E-state index is -1.41. The van der Waals surface area contributed by atoms with E-state index in [1.54, 1.807) is 0 Å². The summed E-state index contributed by atoms with van der Waals surface area (Å²) in [5, 5.41) is 0. The van der Waals surface area contributed by atoms with Gasteiger partial charge in [-0.15, -0.1) is 5.54 Å². The minimum absolute atomic E-state index is 1.08. The Balaban J connectivity index is 2.27. The average molecular weight is 300 g/mol. The fourth-order valence-electron chi connectivity index (χ4n) is 2.62. The summed E-state index contributed by atoms with van der Waals surface area (Å²) in [7, 11) is -1.41. The van der Waals surface area contributed by atoms with Crippen molar-refractivity contribution in [2.75, 3.05) is 0 Å². The number of benzene rings is 2. The van der Waals surface area contributed by atoms with Crippen molar-refractivity contribution >= 4 is 25.3 Å². The van der Waals surface area contributed by atoms with Gasteiger partial charge in [-0.3, -0.25) is 0 Å². The fraction of sp³-hybridized carbons (Fsp3) is 0.143. The summed E-state index contributed by atoms with van der Waals surface area (Å²) in [6, 6.07) is 16.9. The van der Waals surface area contributed by atoms with Crippen LogP contribution in [0.15, 0.2) is 55.1 Å². The highest BCUT2D eigenvalue weighted by atomic mass is 28.3. The van der Waals surface area contributed by atoms with Crippen LogP contribution in [0.3, 0.4) is 0 Å². The second-order valence-corrected chi connectivity index (χ2v) is 11.4. The second-order valence-electron chi connectivity index (χ2n) is 6.67. The molecule has 2 aromatic rings. The van der Waals surface area contributed by atoms with Crippen molar-refractivity contribution in [3.63, 3.8) is 0 Å². The van der Waals surface area contributed by atoms with Crippen LogP contribution in [0.4, 0.5) is 0 Å². The molecule has 3 rings (SSSR count). The van der Waals surface area contributed by atoms with E-state index >= 15 is 0 Å². The van der Waals surface area contributed by atoms with Crippen molar-refractivity contribution < 1.29 is 0 Å². The largest absolute Gasteiger partial charge is 0.129 e. The highest BCUT2D eigenvalue weighted by molar-refractivity contribution is 6.84. The van der Waals surface area contributed by atoms with Crippen molar-refractivity contribution in [3.8, 4) is 11.5 Å². The van der Waals surface area contributed by atoms with Crippen molar-refractivity contribution in [3.05, 3.63) is 77.4 Å². The molecule has 0 bridgehead atoms. The maximum absolute atomic E-state index is 4.33. The molecule has 0 heterocycles. The molecule has 0 radical (unpaired) electrons. The molecule has 22 heavy (non-hydrogen) atoms. The second kappa shape index (κ2) is 5.48. The van der Waals surface area contributed by atoms with E-state index in [1.165, 1.54) is 22.3 Å². The number of allylic oxidation sites excluding steroid dienone is 1. The average Bonchev–Trinajstić information content (AvgIpc) is 2.61. The lowest BCUT2D eigenvalue weighted by molar-refractivity contribution is 1.53. The highest BCUT2D eigenvalue weighted by Crippen LogP contribution is 2.35. The summed E-state index contributed by atoms with van der Waals surface area (Å²) >= 11 is 0. The van der Waals surface area contributed by atoms with Crippen molar-refractivity contribution in [1.82, 2.24) is 0 Å². The van der Waals surface area contributed by atoms with Crippen molar-refractivity contribution in [2.45, 2.75) is 19.6 Å². The molecular weight excluding hydrogens is 280 g/mol. The SMILES string of the molecule is C=C1c2ccccc2C=C(C#C[Si](C)(C)C)c2ccccc21. The number of hydrogen-bond donors (Lipinski definition) is 0. The molecule has 108 valence electrons. The van der Waals surface area contributed by atoms with Gasteiger partial charge < -0.3 is 0 Å². The quantitative estimate of drug-likeness (QED) is 0.446. The Morgan fingerprint density at radius 3 is 2.09 bits per heavy atom. The summed E-state index contributed by atoms with van der Waals surface area (Å²) in [6.07, 6.45) is 2.21. The molecule has 0 saturated carbocycles. The summed E-state index contributed by atoms with van der Waals surface area (Å²) in [5.41, 5.74) is 10.4. The maximum atomic E-state index is 4.33. The van der Waals surface area contributed by atoms with Gasteiger partial charge >= 0.3 is 0 Å². The molecule has 0 amide bonds. The normalized spacial score (nSPS) is 13.2.